The second-order valence-electron chi connectivity index (χ2n) is 4.83. The third-order valence-corrected chi connectivity index (χ3v) is 3.95. The Morgan fingerprint density at radius 1 is 1.19 bits per heavy atom. The first-order chi connectivity index (χ1) is 9.64. The molecular weight excluding hydrogens is 361 g/mol. The van der Waals surface area contributed by atoms with Crippen molar-refractivity contribution in [3.05, 3.63) is 34.3 Å². The van der Waals surface area contributed by atoms with Crippen LogP contribution in [0.2, 0.25) is 0 Å². The molecule has 0 aromatic heterocycles. The first-order valence-electron chi connectivity index (χ1n) is 6.13. The molecule has 0 spiro atoms. The molecule has 0 heterocycles. The molecule has 1 fully saturated rings. The summed E-state index contributed by atoms with van der Waals surface area (Å²) < 4.78 is 64.0. The Labute approximate surface area is 126 Å². The van der Waals surface area contributed by atoms with E-state index < -0.39 is 24.0 Å². The van der Waals surface area contributed by atoms with Crippen molar-refractivity contribution in [3.63, 3.8) is 0 Å². The number of carbonyl (C=O) groups excluding carboxylic acids is 1. The molecule has 2 rings (SSSR count). The number of rotatable bonds is 4. The topological polar surface area (TPSA) is 20.3 Å². The summed E-state index contributed by atoms with van der Waals surface area (Å²) in [6.07, 6.45) is -5.01. The molecule has 1 aliphatic carbocycles. The Morgan fingerprint density at radius 2 is 1.76 bits per heavy atom. The van der Waals surface area contributed by atoms with Gasteiger partial charge in [0, 0.05) is 17.1 Å². The van der Waals surface area contributed by atoms with Gasteiger partial charge in [-0.05, 0) is 24.5 Å². The predicted octanol–water partition coefficient (Wildman–Crippen LogP) is 4.14. The molecule has 0 aliphatic heterocycles. The Morgan fingerprint density at radius 3 is 2.24 bits per heavy atom. The van der Waals surface area contributed by atoms with Gasteiger partial charge >= 0.3 is 18.0 Å². The normalized spacial score (nSPS) is 15.9. The number of alkyl halides is 5. The molecule has 1 aromatic rings. The second kappa shape index (κ2) is 5.55. The van der Waals surface area contributed by atoms with Crippen LogP contribution in [0, 0.1) is 0 Å². The van der Waals surface area contributed by atoms with Gasteiger partial charge in [0.25, 0.3) is 0 Å². The van der Waals surface area contributed by atoms with Crippen molar-refractivity contribution in [2.24, 2.45) is 0 Å². The van der Waals surface area contributed by atoms with Crippen LogP contribution in [-0.2, 0) is 11.3 Å². The maximum Gasteiger partial charge on any atom is 0.463 e. The van der Waals surface area contributed by atoms with Gasteiger partial charge in [-0.15, -0.1) is 0 Å². The lowest BCUT2D eigenvalue weighted by Crippen LogP contribution is -2.52. The fourth-order valence-corrected chi connectivity index (χ4v) is 2.27. The van der Waals surface area contributed by atoms with E-state index in [1.807, 2.05) is 0 Å². The Balaban J connectivity index is 2.24. The van der Waals surface area contributed by atoms with Crippen molar-refractivity contribution in [2.45, 2.75) is 37.5 Å². The lowest BCUT2D eigenvalue weighted by Gasteiger charge is -2.28. The fraction of sp³-hybridized carbons (Fsp3) is 0.462. The zero-order chi connectivity index (χ0) is 15.8. The van der Waals surface area contributed by atoms with Crippen LogP contribution in [0.3, 0.4) is 0 Å². The van der Waals surface area contributed by atoms with E-state index in [1.165, 1.54) is 0 Å². The summed E-state index contributed by atoms with van der Waals surface area (Å²) in [5.74, 6) is -7.55. The van der Waals surface area contributed by atoms with E-state index in [1.54, 1.807) is 24.3 Å². The highest BCUT2D eigenvalue weighted by atomic mass is 79.9. The first kappa shape index (κ1) is 16.2. The van der Waals surface area contributed by atoms with E-state index in [2.05, 4.69) is 15.9 Å². The molecule has 1 aromatic carbocycles. The van der Waals surface area contributed by atoms with E-state index >= 15 is 0 Å². The summed E-state index contributed by atoms with van der Waals surface area (Å²) in [7, 11) is 0. The van der Waals surface area contributed by atoms with Crippen LogP contribution in [0.4, 0.5) is 22.0 Å². The SMILES string of the molecule is O=C(N(Cc1ccccc1Br)C1CC1)C(F)(F)C(F)(F)F. The molecule has 2 nitrogen and oxygen atoms in total. The van der Waals surface area contributed by atoms with Crippen LogP contribution in [0.25, 0.3) is 0 Å². The zero-order valence-electron chi connectivity index (χ0n) is 10.6. The predicted molar refractivity (Wildman–Crippen MR) is 68.7 cm³/mol. The minimum absolute atomic E-state index is 0.281. The van der Waals surface area contributed by atoms with Crippen molar-refractivity contribution in [3.8, 4) is 0 Å². The number of hydrogen-bond acceptors (Lipinski definition) is 1. The van der Waals surface area contributed by atoms with E-state index in [0.29, 0.717) is 27.8 Å². The third kappa shape index (κ3) is 3.36. The summed E-state index contributed by atoms with van der Waals surface area (Å²) in [4.78, 5) is 12.3. The van der Waals surface area contributed by atoms with Gasteiger partial charge < -0.3 is 4.90 Å². The van der Waals surface area contributed by atoms with Gasteiger partial charge in [0.05, 0.1) is 0 Å². The van der Waals surface area contributed by atoms with Gasteiger partial charge in [-0.1, -0.05) is 34.1 Å². The van der Waals surface area contributed by atoms with Crippen LogP contribution >= 0.6 is 15.9 Å². The number of benzene rings is 1. The molecular formula is C13H11BrF5NO. The minimum atomic E-state index is -5.88. The minimum Gasteiger partial charge on any atom is -0.330 e. The third-order valence-electron chi connectivity index (χ3n) is 3.17. The summed E-state index contributed by atoms with van der Waals surface area (Å²) >= 11 is 3.19. The average Bonchev–Trinajstić information content (AvgIpc) is 3.20. The largest absolute Gasteiger partial charge is 0.463 e. The summed E-state index contributed by atoms with van der Waals surface area (Å²) in [6, 6.07) is 5.95. The van der Waals surface area contributed by atoms with Crippen molar-refractivity contribution in [1.82, 2.24) is 4.90 Å². The van der Waals surface area contributed by atoms with Crippen LogP contribution < -0.4 is 0 Å². The van der Waals surface area contributed by atoms with Crippen LogP contribution in [-0.4, -0.2) is 28.9 Å². The molecule has 0 atom stereocenters. The molecule has 1 aliphatic rings. The lowest BCUT2D eigenvalue weighted by atomic mass is 10.2. The van der Waals surface area contributed by atoms with Gasteiger partial charge in [-0.2, -0.15) is 22.0 Å². The highest BCUT2D eigenvalue weighted by Gasteiger charge is 2.65. The Bertz CT molecular complexity index is 542. The quantitative estimate of drug-likeness (QED) is 0.728. The standard InChI is InChI=1S/C13H11BrF5NO/c14-10-4-2-1-3-8(10)7-20(9-5-6-9)11(21)12(15,16)13(17,18)19/h1-4,9H,5-7H2. The van der Waals surface area contributed by atoms with E-state index in [-0.39, 0.29) is 6.54 Å². The maximum absolute atomic E-state index is 13.2. The smallest absolute Gasteiger partial charge is 0.330 e. The van der Waals surface area contributed by atoms with Gasteiger partial charge in [0.1, 0.15) is 0 Å². The molecule has 116 valence electrons. The number of carbonyl (C=O) groups is 1. The molecule has 21 heavy (non-hydrogen) atoms. The number of amides is 1. The van der Waals surface area contributed by atoms with Crippen molar-refractivity contribution in [2.75, 3.05) is 0 Å². The van der Waals surface area contributed by atoms with Gasteiger partial charge in [-0.25, -0.2) is 0 Å². The Hall–Kier alpha value is -1.18. The first-order valence-corrected chi connectivity index (χ1v) is 6.93. The van der Waals surface area contributed by atoms with E-state index in [0.717, 1.165) is 0 Å². The summed E-state index contributed by atoms with van der Waals surface area (Å²) in [6.45, 7) is -0.281. The monoisotopic (exact) mass is 371 g/mol. The average molecular weight is 372 g/mol. The highest BCUT2D eigenvalue weighted by molar-refractivity contribution is 9.10. The van der Waals surface area contributed by atoms with E-state index in [9.17, 15) is 26.7 Å². The van der Waals surface area contributed by atoms with Crippen LogP contribution in [0.1, 0.15) is 18.4 Å². The maximum atomic E-state index is 13.2. The second-order valence-corrected chi connectivity index (χ2v) is 5.68. The molecule has 0 unspecified atom stereocenters. The number of halogens is 6. The van der Waals surface area contributed by atoms with E-state index in [4.69, 9.17) is 0 Å². The van der Waals surface area contributed by atoms with Crippen molar-refractivity contribution >= 4 is 21.8 Å². The molecule has 0 bridgehead atoms. The van der Waals surface area contributed by atoms with Crippen LogP contribution in [0.15, 0.2) is 28.7 Å². The van der Waals surface area contributed by atoms with Crippen molar-refractivity contribution < 1.29 is 26.7 Å². The van der Waals surface area contributed by atoms with Gasteiger partial charge in [0.2, 0.25) is 0 Å². The molecule has 0 radical (unpaired) electrons. The molecule has 8 heteroatoms. The van der Waals surface area contributed by atoms with Crippen LogP contribution in [0.5, 0.6) is 0 Å². The highest BCUT2D eigenvalue weighted by Crippen LogP contribution is 2.40. The fourth-order valence-electron chi connectivity index (χ4n) is 1.86. The molecule has 0 N–H and O–H groups in total. The Kier molecular flexibility index (Phi) is 4.28. The van der Waals surface area contributed by atoms with Gasteiger partial charge in [-0.3, -0.25) is 4.79 Å². The summed E-state index contributed by atoms with van der Waals surface area (Å²) in [5.41, 5.74) is 0.482. The number of nitrogens with zero attached hydrogens (tertiary/aromatic N) is 1. The van der Waals surface area contributed by atoms with Crippen molar-refractivity contribution in [1.29, 1.82) is 0 Å². The molecule has 0 saturated heterocycles. The van der Waals surface area contributed by atoms with Gasteiger partial charge in [0.15, 0.2) is 0 Å². The zero-order valence-corrected chi connectivity index (χ0v) is 12.2. The molecule has 1 saturated carbocycles. The molecule has 1 amide bonds. The number of hydrogen-bond donors (Lipinski definition) is 0. The lowest BCUT2D eigenvalue weighted by molar-refractivity contribution is -0.275. The summed E-state index contributed by atoms with van der Waals surface area (Å²) in [5, 5.41) is 0.